The molecule has 1 aliphatic rings. The lowest BCUT2D eigenvalue weighted by molar-refractivity contribution is 0.185. The first kappa shape index (κ1) is 17.0. The Morgan fingerprint density at radius 2 is 2.29 bits per heavy atom. The van der Waals surface area contributed by atoms with Crippen LogP contribution >= 0.6 is 11.3 Å². The Kier molecular flexibility index (Phi) is 5.18. The molecule has 0 saturated carbocycles. The summed E-state index contributed by atoms with van der Waals surface area (Å²) in [4.78, 5) is 14.4. The summed E-state index contributed by atoms with van der Waals surface area (Å²) in [7, 11) is 0. The van der Waals surface area contributed by atoms with Crippen LogP contribution in [0.2, 0.25) is 0 Å². The number of rotatable bonds is 5. The molecule has 7 heteroatoms. The summed E-state index contributed by atoms with van der Waals surface area (Å²) in [5.74, 6) is 2.21. The fraction of sp³-hybridized carbons (Fsp3) is 0.588. The number of urea groups is 1. The molecule has 3 rings (SSSR count). The quantitative estimate of drug-likeness (QED) is 0.890. The Morgan fingerprint density at radius 1 is 1.46 bits per heavy atom. The highest BCUT2D eigenvalue weighted by atomic mass is 32.1. The minimum absolute atomic E-state index is 0.0333. The molecule has 0 aromatic carbocycles. The summed E-state index contributed by atoms with van der Waals surface area (Å²) in [5, 5.41) is 13.1. The summed E-state index contributed by atoms with van der Waals surface area (Å²) >= 11 is 1.56. The second-order valence-electron chi connectivity index (χ2n) is 6.36. The summed E-state index contributed by atoms with van der Waals surface area (Å²) in [6, 6.07) is 3.96. The molecule has 2 aromatic heterocycles. The van der Waals surface area contributed by atoms with Crippen LogP contribution in [0.25, 0.3) is 0 Å². The van der Waals surface area contributed by atoms with Gasteiger partial charge in [-0.05, 0) is 25.0 Å². The number of nitrogens with zero attached hydrogens (tertiary/aromatic N) is 3. The molecule has 1 aliphatic heterocycles. The van der Waals surface area contributed by atoms with Crippen LogP contribution in [-0.2, 0) is 13.0 Å². The van der Waals surface area contributed by atoms with Gasteiger partial charge in [-0.25, -0.2) is 4.79 Å². The van der Waals surface area contributed by atoms with Crippen LogP contribution in [0.4, 0.5) is 4.79 Å². The summed E-state index contributed by atoms with van der Waals surface area (Å²) < 4.78 is 5.85. The van der Waals surface area contributed by atoms with Crippen LogP contribution in [0.15, 0.2) is 16.5 Å². The summed E-state index contributed by atoms with van der Waals surface area (Å²) in [6.45, 7) is 7.42. The molecule has 3 heterocycles. The Hall–Kier alpha value is -1.89. The molecule has 0 spiro atoms. The Balaban J connectivity index is 1.60. The molecule has 0 unspecified atom stereocenters. The van der Waals surface area contributed by atoms with Crippen molar-refractivity contribution in [2.45, 2.75) is 58.5 Å². The van der Waals surface area contributed by atoms with E-state index in [2.05, 4.69) is 36.3 Å². The number of carbonyl (C=O) groups excluding carboxylic acids is 1. The normalized spacial score (nSPS) is 17.7. The number of likely N-dealkylation sites (tertiary alicyclic amines) is 1. The number of furan rings is 1. The number of aromatic nitrogens is 2. The zero-order valence-corrected chi connectivity index (χ0v) is 15.2. The van der Waals surface area contributed by atoms with Gasteiger partial charge >= 0.3 is 6.03 Å². The second kappa shape index (κ2) is 7.34. The van der Waals surface area contributed by atoms with E-state index >= 15 is 0 Å². The smallest absolute Gasteiger partial charge is 0.318 e. The fourth-order valence-electron chi connectivity index (χ4n) is 2.89. The molecule has 0 radical (unpaired) electrons. The number of hydrogen-bond donors (Lipinski definition) is 1. The monoisotopic (exact) mass is 348 g/mol. The Bertz CT molecular complexity index is 694. The van der Waals surface area contributed by atoms with Gasteiger partial charge in [0.15, 0.2) is 0 Å². The lowest BCUT2D eigenvalue weighted by atomic mass is 10.2. The van der Waals surface area contributed by atoms with Gasteiger partial charge in [-0.15, -0.1) is 10.2 Å². The predicted molar refractivity (Wildman–Crippen MR) is 93.0 cm³/mol. The van der Waals surface area contributed by atoms with Crippen LogP contribution in [0.1, 0.15) is 67.1 Å². The van der Waals surface area contributed by atoms with E-state index in [0.29, 0.717) is 12.5 Å². The number of nitrogens with one attached hydrogen (secondary N) is 1. The van der Waals surface area contributed by atoms with Gasteiger partial charge < -0.3 is 14.6 Å². The molecular formula is C17H24N4O2S. The Labute approximate surface area is 146 Å². The van der Waals surface area contributed by atoms with Crippen LogP contribution in [0, 0.1) is 0 Å². The maximum absolute atomic E-state index is 12.5. The van der Waals surface area contributed by atoms with Gasteiger partial charge in [0, 0.05) is 18.9 Å². The zero-order chi connectivity index (χ0) is 17.1. The van der Waals surface area contributed by atoms with E-state index in [0.717, 1.165) is 47.3 Å². The van der Waals surface area contributed by atoms with Crippen molar-refractivity contribution in [1.29, 1.82) is 0 Å². The first-order valence-corrected chi connectivity index (χ1v) is 9.35. The second-order valence-corrected chi connectivity index (χ2v) is 7.45. The van der Waals surface area contributed by atoms with Gasteiger partial charge in [0.25, 0.3) is 0 Å². The number of amides is 2. The van der Waals surface area contributed by atoms with Crippen LogP contribution in [-0.4, -0.2) is 27.7 Å². The number of hydrogen-bond acceptors (Lipinski definition) is 5. The first-order valence-electron chi connectivity index (χ1n) is 8.53. The largest absolute Gasteiger partial charge is 0.464 e. The lowest BCUT2D eigenvalue weighted by Crippen LogP contribution is -2.39. The van der Waals surface area contributed by atoms with E-state index in [4.69, 9.17) is 4.42 Å². The minimum atomic E-state index is -0.0618. The van der Waals surface area contributed by atoms with E-state index in [1.807, 2.05) is 17.0 Å². The third-order valence-electron chi connectivity index (χ3n) is 4.24. The maximum atomic E-state index is 12.5. The molecule has 6 nitrogen and oxygen atoms in total. The Morgan fingerprint density at radius 3 is 2.96 bits per heavy atom. The van der Waals surface area contributed by atoms with Gasteiger partial charge in [-0.3, -0.25) is 0 Å². The molecule has 0 aliphatic carbocycles. The van der Waals surface area contributed by atoms with Gasteiger partial charge in [0.05, 0.1) is 12.6 Å². The molecular weight excluding hydrogens is 324 g/mol. The van der Waals surface area contributed by atoms with E-state index in [1.165, 1.54) is 0 Å². The average molecular weight is 348 g/mol. The first-order chi connectivity index (χ1) is 11.6. The van der Waals surface area contributed by atoms with Gasteiger partial charge in [-0.2, -0.15) is 0 Å². The van der Waals surface area contributed by atoms with Crippen molar-refractivity contribution in [3.8, 4) is 0 Å². The molecule has 130 valence electrons. The van der Waals surface area contributed by atoms with Crippen molar-refractivity contribution in [3.05, 3.63) is 33.7 Å². The minimum Gasteiger partial charge on any atom is -0.464 e. The molecule has 2 aromatic rings. The van der Waals surface area contributed by atoms with Crippen LogP contribution < -0.4 is 5.32 Å². The highest BCUT2D eigenvalue weighted by molar-refractivity contribution is 7.11. The van der Waals surface area contributed by atoms with Gasteiger partial charge in [0.1, 0.15) is 21.5 Å². The van der Waals surface area contributed by atoms with E-state index < -0.39 is 0 Å². The highest BCUT2D eigenvalue weighted by Gasteiger charge is 2.32. The van der Waals surface area contributed by atoms with Crippen LogP contribution in [0.3, 0.4) is 0 Å². The van der Waals surface area contributed by atoms with Gasteiger partial charge in [-0.1, -0.05) is 32.1 Å². The van der Waals surface area contributed by atoms with E-state index in [-0.39, 0.29) is 12.1 Å². The maximum Gasteiger partial charge on any atom is 0.318 e. The molecule has 1 fully saturated rings. The number of aryl methyl sites for hydroxylation is 1. The molecule has 2 amide bonds. The standard InChI is InChI=1S/C17H24N4O2S/c1-4-12-7-8-14(23-12)13-6-5-9-21(13)17(22)18-10-15-19-20-16(24-15)11(2)3/h7-8,11,13H,4-6,9-10H2,1-3H3,(H,18,22)/t13-/m0/s1. The van der Waals surface area contributed by atoms with E-state index in [1.54, 1.807) is 11.3 Å². The molecule has 0 bridgehead atoms. The zero-order valence-electron chi connectivity index (χ0n) is 14.4. The van der Waals surface area contributed by atoms with Crippen molar-refractivity contribution < 1.29 is 9.21 Å². The average Bonchev–Trinajstić information content (AvgIpc) is 3.31. The highest BCUT2D eigenvalue weighted by Crippen LogP contribution is 2.33. The van der Waals surface area contributed by atoms with Gasteiger partial charge in [0.2, 0.25) is 0 Å². The van der Waals surface area contributed by atoms with Crippen LogP contribution in [0.5, 0.6) is 0 Å². The topological polar surface area (TPSA) is 71.3 Å². The molecule has 1 N–H and O–H groups in total. The third kappa shape index (κ3) is 3.61. The van der Waals surface area contributed by atoms with Crippen molar-refractivity contribution in [2.24, 2.45) is 0 Å². The summed E-state index contributed by atoms with van der Waals surface area (Å²) in [5.41, 5.74) is 0. The van der Waals surface area contributed by atoms with Crippen molar-refractivity contribution >= 4 is 17.4 Å². The lowest BCUT2D eigenvalue weighted by Gasteiger charge is -2.23. The predicted octanol–water partition coefficient (Wildman–Crippen LogP) is 3.86. The van der Waals surface area contributed by atoms with Crippen molar-refractivity contribution in [2.75, 3.05) is 6.54 Å². The van der Waals surface area contributed by atoms with E-state index in [9.17, 15) is 4.79 Å². The SMILES string of the molecule is CCc1ccc([C@@H]2CCCN2C(=O)NCc2nnc(C(C)C)s2)o1. The van der Waals surface area contributed by atoms with Crippen molar-refractivity contribution in [1.82, 2.24) is 20.4 Å². The summed E-state index contributed by atoms with van der Waals surface area (Å²) in [6.07, 6.45) is 2.81. The molecule has 1 atom stereocenters. The third-order valence-corrected chi connectivity index (χ3v) is 5.46. The molecule has 24 heavy (non-hydrogen) atoms. The number of carbonyl (C=O) groups is 1. The molecule has 1 saturated heterocycles. The fourth-order valence-corrected chi connectivity index (χ4v) is 3.68. The van der Waals surface area contributed by atoms with Crippen molar-refractivity contribution in [3.63, 3.8) is 0 Å².